The van der Waals surface area contributed by atoms with Crippen molar-refractivity contribution in [1.82, 2.24) is 0 Å². The van der Waals surface area contributed by atoms with Gasteiger partial charge in [-0.25, -0.2) is 4.39 Å². The largest absolute Gasteiger partial charge is 0.508 e. The average Bonchev–Trinajstić information content (AvgIpc) is 3.40. The normalized spacial score (nSPS) is 23.9. The third-order valence-electron chi connectivity index (χ3n) is 8.88. The molecular formula is C37H38FNO6S. The number of rotatable bonds is 10. The third-order valence-corrected chi connectivity index (χ3v) is 10.1. The van der Waals surface area contributed by atoms with Gasteiger partial charge in [-0.05, 0) is 71.8 Å². The van der Waals surface area contributed by atoms with Gasteiger partial charge in [0.2, 0.25) is 0 Å². The second-order valence-corrected chi connectivity index (χ2v) is 13.2. The van der Waals surface area contributed by atoms with Gasteiger partial charge in [-0.3, -0.25) is 9.69 Å². The molecule has 0 spiro atoms. The number of amides is 1. The number of hydrogen-bond donors (Lipinski definition) is 4. The first-order valence-corrected chi connectivity index (χ1v) is 16.5. The Morgan fingerprint density at radius 3 is 2.35 bits per heavy atom. The van der Waals surface area contributed by atoms with Crippen LogP contribution in [0, 0.1) is 5.82 Å². The Bertz CT molecular complexity index is 1620. The van der Waals surface area contributed by atoms with Crippen LogP contribution in [0.1, 0.15) is 67.0 Å². The standard InChI is InChI=1S/C37H38FNO6S/c38-27-16-13-24(14-17-27)32(42)7-4-8-35-36(39(37(44)46-35)28-5-2-1-3-6-28)31-18-15-26(19-33(31)43)23-9-11-25(12-10-23)34-21-29(41)20-30(22-40)45-34/h1-3,5-6,9-19,29-30,32,34-36,40-43H,4,7-8,20-22H2. The molecule has 9 heteroatoms. The Morgan fingerprint density at radius 2 is 1.65 bits per heavy atom. The van der Waals surface area contributed by atoms with E-state index in [0.717, 1.165) is 22.4 Å². The molecule has 7 nitrogen and oxygen atoms in total. The van der Waals surface area contributed by atoms with Crippen LogP contribution in [-0.4, -0.2) is 49.7 Å². The zero-order chi connectivity index (χ0) is 32.2. The number of aromatic hydroxyl groups is 1. The molecule has 4 N–H and O–H groups in total. The lowest BCUT2D eigenvalue weighted by atomic mass is 9.92. The van der Waals surface area contributed by atoms with Crippen molar-refractivity contribution in [2.24, 2.45) is 0 Å². The molecule has 6 unspecified atom stereocenters. The fourth-order valence-electron chi connectivity index (χ4n) is 6.49. The van der Waals surface area contributed by atoms with Gasteiger partial charge in [-0.2, -0.15) is 0 Å². The van der Waals surface area contributed by atoms with Gasteiger partial charge in [-0.1, -0.05) is 78.5 Å². The Labute approximate surface area is 272 Å². The highest BCUT2D eigenvalue weighted by Gasteiger charge is 2.43. The Balaban J connectivity index is 1.21. The van der Waals surface area contributed by atoms with Crippen LogP contribution in [0.2, 0.25) is 0 Å². The van der Waals surface area contributed by atoms with Gasteiger partial charge >= 0.3 is 0 Å². The molecule has 1 amide bonds. The van der Waals surface area contributed by atoms with Crippen molar-refractivity contribution in [2.45, 2.75) is 67.8 Å². The van der Waals surface area contributed by atoms with Crippen LogP contribution in [0.4, 0.5) is 14.9 Å². The number of phenolic OH excluding ortho intramolecular Hbond substituents is 1. The van der Waals surface area contributed by atoms with Gasteiger partial charge < -0.3 is 25.2 Å². The smallest absolute Gasteiger partial charge is 0.287 e. The molecule has 0 radical (unpaired) electrons. The summed E-state index contributed by atoms with van der Waals surface area (Å²) < 4.78 is 19.3. The van der Waals surface area contributed by atoms with Gasteiger partial charge in [0, 0.05) is 29.3 Å². The minimum Gasteiger partial charge on any atom is -0.508 e. The lowest BCUT2D eigenvalue weighted by molar-refractivity contribution is -0.113. The van der Waals surface area contributed by atoms with Crippen molar-refractivity contribution in [3.63, 3.8) is 0 Å². The minimum atomic E-state index is -0.740. The summed E-state index contributed by atoms with van der Waals surface area (Å²) in [5.74, 6) is -0.265. The first-order valence-electron chi connectivity index (χ1n) is 15.7. The number of para-hydroxylation sites is 1. The summed E-state index contributed by atoms with van der Waals surface area (Å²) in [6.07, 6.45) is 0.640. The molecule has 2 aliphatic rings. The van der Waals surface area contributed by atoms with Crippen LogP contribution in [0.15, 0.2) is 97.1 Å². The van der Waals surface area contributed by atoms with Crippen LogP contribution in [0.5, 0.6) is 5.75 Å². The van der Waals surface area contributed by atoms with E-state index in [2.05, 4.69) is 0 Å². The van der Waals surface area contributed by atoms with Gasteiger partial charge in [-0.15, -0.1) is 0 Å². The van der Waals surface area contributed by atoms with E-state index in [-0.39, 0.29) is 34.8 Å². The summed E-state index contributed by atoms with van der Waals surface area (Å²) >= 11 is 1.25. The van der Waals surface area contributed by atoms with E-state index in [9.17, 15) is 29.6 Å². The minimum absolute atomic E-state index is 0.0867. The molecule has 4 aromatic carbocycles. The zero-order valence-electron chi connectivity index (χ0n) is 25.3. The second-order valence-electron chi connectivity index (χ2n) is 12.0. The summed E-state index contributed by atoms with van der Waals surface area (Å²) in [5.41, 5.74) is 4.66. The summed E-state index contributed by atoms with van der Waals surface area (Å²) in [6, 6.07) is 28.2. The maximum absolute atomic E-state index is 13.4. The quantitative estimate of drug-likeness (QED) is 0.142. The number of ether oxygens (including phenoxy) is 1. The second kappa shape index (κ2) is 14.4. The first kappa shape index (κ1) is 32.2. The molecule has 240 valence electrons. The Kier molecular flexibility index (Phi) is 10.1. The molecule has 2 aliphatic heterocycles. The summed E-state index contributed by atoms with van der Waals surface area (Å²) in [4.78, 5) is 15.2. The van der Waals surface area contributed by atoms with E-state index in [4.69, 9.17) is 4.74 Å². The van der Waals surface area contributed by atoms with Gasteiger partial charge in [0.25, 0.3) is 5.24 Å². The molecule has 2 fully saturated rings. The number of benzene rings is 4. The lowest BCUT2D eigenvalue weighted by Gasteiger charge is -2.32. The lowest BCUT2D eigenvalue weighted by Crippen LogP contribution is -2.33. The number of anilines is 1. The average molecular weight is 644 g/mol. The predicted octanol–water partition coefficient (Wildman–Crippen LogP) is 7.46. The molecular weight excluding hydrogens is 605 g/mol. The summed E-state index contributed by atoms with van der Waals surface area (Å²) in [7, 11) is 0. The number of halogens is 1. The number of hydrogen-bond acceptors (Lipinski definition) is 7. The molecule has 0 saturated carbocycles. The van der Waals surface area contributed by atoms with E-state index < -0.39 is 24.4 Å². The molecule has 6 atom stereocenters. The highest BCUT2D eigenvalue weighted by Crippen LogP contribution is 2.49. The number of thioether (sulfide) groups is 1. The van der Waals surface area contributed by atoms with Gasteiger partial charge in [0.1, 0.15) is 11.6 Å². The molecule has 2 saturated heterocycles. The van der Waals surface area contributed by atoms with Crippen molar-refractivity contribution in [2.75, 3.05) is 11.5 Å². The highest BCUT2D eigenvalue weighted by atomic mass is 32.2. The fourth-order valence-corrected chi connectivity index (χ4v) is 7.76. The van der Waals surface area contributed by atoms with E-state index >= 15 is 0 Å². The van der Waals surface area contributed by atoms with Crippen molar-refractivity contribution in [1.29, 1.82) is 0 Å². The third kappa shape index (κ3) is 7.14. The van der Waals surface area contributed by atoms with Crippen molar-refractivity contribution in [3.8, 4) is 16.9 Å². The zero-order valence-corrected chi connectivity index (χ0v) is 26.1. The molecule has 4 aromatic rings. The van der Waals surface area contributed by atoms with Crippen molar-refractivity contribution >= 4 is 22.7 Å². The maximum Gasteiger partial charge on any atom is 0.287 e. The number of carbonyl (C=O) groups is 1. The highest BCUT2D eigenvalue weighted by molar-refractivity contribution is 8.14. The van der Waals surface area contributed by atoms with E-state index in [1.165, 1.54) is 23.9 Å². The van der Waals surface area contributed by atoms with Crippen LogP contribution in [-0.2, 0) is 4.74 Å². The SMILES string of the molecule is O=C1SC(CCCC(O)c2ccc(F)cc2)C(c2ccc(-c3ccc(C4CC(O)CC(CO)O4)cc3)cc2O)N1c1ccccc1. The summed E-state index contributed by atoms with van der Waals surface area (Å²) in [5, 5.41) is 41.6. The molecule has 0 aliphatic carbocycles. The maximum atomic E-state index is 13.4. The Hall–Kier alpha value is -3.73. The number of phenols is 1. The van der Waals surface area contributed by atoms with Crippen molar-refractivity contribution in [3.05, 3.63) is 120 Å². The number of aliphatic hydroxyl groups excluding tert-OH is 3. The topological polar surface area (TPSA) is 110 Å². The number of aliphatic hydroxyl groups is 3. The van der Waals surface area contributed by atoms with E-state index in [1.54, 1.807) is 23.1 Å². The predicted molar refractivity (Wildman–Crippen MR) is 177 cm³/mol. The number of nitrogens with zero attached hydrogens (tertiary/aromatic N) is 1. The molecule has 46 heavy (non-hydrogen) atoms. The van der Waals surface area contributed by atoms with Crippen molar-refractivity contribution < 1.29 is 34.3 Å². The molecule has 2 heterocycles. The van der Waals surface area contributed by atoms with E-state index in [0.29, 0.717) is 43.2 Å². The van der Waals surface area contributed by atoms with Gasteiger partial charge in [0.05, 0.1) is 37.1 Å². The molecule has 0 bridgehead atoms. The fraction of sp³-hybridized carbons (Fsp3) is 0.324. The van der Waals surface area contributed by atoms with E-state index in [1.807, 2.05) is 66.7 Å². The van der Waals surface area contributed by atoms with Crippen LogP contribution >= 0.6 is 11.8 Å². The van der Waals surface area contributed by atoms with Gasteiger partial charge in [0.15, 0.2) is 0 Å². The monoisotopic (exact) mass is 643 g/mol. The molecule has 0 aromatic heterocycles. The molecule has 6 rings (SSSR count). The Morgan fingerprint density at radius 1 is 0.935 bits per heavy atom. The van der Waals surface area contributed by atoms with Crippen LogP contribution in [0.3, 0.4) is 0 Å². The number of carbonyl (C=O) groups excluding carboxylic acids is 1. The summed E-state index contributed by atoms with van der Waals surface area (Å²) in [6.45, 7) is -0.136. The van der Waals surface area contributed by atoms with Crippen LogP contribution in [0.25, 0.3) is 11.1 Å². The first-order chi connectivity index (χ1) is 22.3. The van der Waals surface area contributed by atoms with Crippen LogP contribution < -0.4 is 4.90 Å².